The Labute approximate surface area is 85.2 Å². The number of hydrogen-bond donors (Lipinski definition) is 0. The zero-order valence-corrected chi connectivity index (χ0v) is 8.80. The van der Waals surface area contributed by atoms with Crippen LogP contribution in [0.5, 0.6) is 0 Å². The number of alkyl halides is 1. The summed E-state index contributed by atoms with van der Waals surface area (Å²) in [6, 6.07) is 0.879. The van der Waals surface area contributed by atoms with E-state index in [9.17, 15) is 0 Å². The molecule has 0 radical (unpaired) electrons. The second-order valence-electron chi connectivity index (χ2n) is 4.13. The fourth-order valence-corrected chi connectivity index (χ4v) is 2.75. The Morgan fingerprint density at radius 2 is 2.23 bits per heavy atom. The molecule has 1 saturated heterocycles. The largest absolute Gasteiger partial charge is 0.379 e. The summed E-state index contributed by atoms with van der Waals surface area (Å²) in [6.07, 6.45) is 4.32. The highest BCUT2D eigenvalue weighted by Gasteiger charge is 2.36. The Hall–Kier alpha value is 0.210. The van der Waals surface area contributed by atoms with Gasteiger partial charge < -0.3 is 4.74 Å². The van der Waals surface area contributed by atoms with E-state index in [1.165, 1.54) is 25.8 Å². The SMILES string of the molecule is ClCCOCCN1CC2CCC1C2. The molecule has 3 heteroatoms. The first-order valence-corrected chi connectivity index (χ1v) is 5.81. The molecule has 2 bridgehead atoms. The molecule has 76 valence electrons. The maximum atomic E-state index is 5.52. The van der Waals surface area contributed by atoms with Gasteiger partial charge in [0.15, 0.2) is 0 Å². The standard InChI is InChI=1S/C10H18ClNO/c11-3-5-13-6-4-12-8-9-1-2-10(12)7-9/h9-10H,1-8H2. The molecule has 2 fully saturated rings. The zero-order chi connectivity index (χ0) is 9.10. The number of rotatable bonds is 5. The number of halogens is 1. The van der Waals surface area contributed by atoms with Gasteiger partial charge in [0.2, 0.25) is 0 Å². The van der Waals surface area contributed by atoms with E-state index in [-0.39, 0.29) is 0 Å². The highest BCUT2D eigenvalue weighted by Crippen LogP contribution is 2.36. The molecule has 2 rings (SSSR count). The Morgan fingerprint density at radius 1 is 1.31 bits per heavy atom. The average molecular weight is 204 g/mol. The lowest BCUT2D eigenvalue weighted by atomic mass is 10.1. The summed E-state index contributed by atoms with van der Waals surface area (Å²) in [7, 11) is 0. The van der Waals surface area contributed by atoms with Crippen molar-refractivity contribution in [2.75, 3.05) is 32.2 Å². The molecular formula is C10H18ClNO. The van der Waals surface area contributed by atoms with Crippen molar-refractivity contribution in [1.82, 2.24) is 4.90 Å². The van der Waals surface area contributed by atoms with Gasteiger partial charge in [0.25, 0.3) is 0 Å². The molecule has 0 aromatic heterocycles. The van der Waals surface area contributed by atoms with Crippen molar-refractivity contribution in [3.8, 4) is 0 Å². The van der Waals surface area contributed by atoms with Crippen molar-refractivity contribution in [2.24, 2.45) is 5.92 Å². The summed E-state index contributed by atoms with van der Waals surface area (Å²) < 4.78 is 5.38. The van der Waals surface area contributed by atoms with E-state index in [0.717, 1.165) is 25.1 Å². The summed E-state index contributed by atoms with van der Waals surface area (Å²) >= 11 is 5.52. The van der Waals surface area contributed by atoms with Crippen molar-refractivity contribution in [3.05, 3.63) is 0 Å². The van der Waals surface area contributed by atoms with Crippen LogP contribution in [0.3, 0.4) is 0 Å². The highest BCUT2D eigenvalue weighted by molar-refractivity contribution is 6.17. The number of nitrogens with zero attached hydrogens (tertiary/aromatic N) is 1. The summed E-state index contributed by atoms with van der Waals surface area (Å²) in [6.45, 7) is 3.98. The highest BCUT2D eigenvalue weighted by atomic mass is 35.5. The maximum absolute atomic E-state index is 5.52. The molecule has 2 unspecified atom stereocenters. The Balaban J connectivity index is 1.60. The van der Waals surface area contributed by atoms with Gasteiger partial charge in [-0.3, -0.25) is 4.90 Å². The van der Waals surface area contributed by atoms with E-state index in [1.807, 2.05) is 0 Å². The van der Waals surface area contributed by atoms with Gasteiger partial charge in [0, 0.05) is 25.0 Å². The van der Waals surface area contributed by atoms with Crippen LogP contribution >= 0.6 is 11.6 Å². The smallest absolute Gasteiger partial charge is 0.0602 e. The first kappa shape index (κ1) is 9.75. The quantitative estimate of drug-likeness (QED) is 0.499. The minimum atomic E-state index is 0.617. The first-order valence-electron chi connectivity index (χ1n) is 5.28. The fourth-order valence-electron chi connectivity index (χ4n) is 2.64. The summed E-state index contributed by atoms with van der Waals surface area (Å²) in [5, 5.41) is 0. The van der Waals surface area contributed by atoms with Gasteiger partial charge >= 0.3 is 0 Å². The van der Waals surface area contributed by atoms with Crippen LogP contribution < -0.4 is 0 Å². The Morgan fingerprint density at radius 3 is 2.85 bits per heavy atom. The van der Waals surface area contributed by atoms with E-state index in [4.69, 9.17) is 16.3 Å². The molecule has 2 nitrogen and oxygen atoms in total. The van der Waals surface area contributed by atoms with Crippen LogP contribution in [0.25, 0.3) is 0 Å². The third-order valence-electron chi connectivity index (χ3n) is 3.27. The van der Waals surface area contributed by atoms with Crippen LogP contribution in [0.15, 0.2) is 0 Å². The van der Waals surface area contributed by atoms with E-state index in [2.05, 4.69) is 4.90 Å². The minimum absolute atomic E-state index is 0.617. The predicted octanol–water partition coefficient (Wildman–Crippen LogP) is 1.73. The molecule has 0 spiro atoms. The lowest BCUT2D eigenvalue weighted by Crippen LogP contribution is -2.34. The van der Waals surface area contributed by atoms with Crippen LogP contribution in [0.4, 0.5) is 0 Å². The molecule has 0 amide bonds. The molecule has 2 aliphatic rings. The van der Waals surface area contributed by atoms with Crippen LogP contribution in [0, 0.1) is 5.92 Å². The van der Waals surface area contributed by atoms with Crippen LogP contribution in [0.1, 0.15) is 19.3 Å². The normalized spacial score (nSPS) is 33.0. The second-order valence-corrected chi connectivity index (χ2v) is 4.51. The van der Waals surface area contributed by atoms with Gasteiger partial charge in [0.05, 0.1) is 13.2 Å². The number of fused-ring (bicyclic) bond motifs is 2. The molecular weight excluding hydrogens is 186 g/mol. The summed E-state index contributed by atoms with van der Waals surface area (Å²) in [4.78, 5) is 2.59. The van der Waals surface area contributed by atoms with Gasteiger partial charge in [-0.25, -0.2) is 0 Å². The number of hydrogen-bond acceptors (Lipinski definition) is 2. The summed E-state index contributed by atoms with van der Waals surface area (Å²) in [5.41, 5.74) is 0. The van der Waals surface area contributed by atoms with Gasteiger partial charge in [-0.2, -0.15) is 0 Å². The maximum Gasteiger partial charge on any atom is 0.0602 e. The third-order valence-corrected chi connectivity index (χ3v) is 3.42. The fraction of sp³-hybridized carbons (Fsp3) is 1.00. The molecule has 1 aliphatic carbocycles. The Bertz CT molecular complexity index is 165. The molecule has 0 aromatic carbocycles. The molecule has 1 saturated carbocycles. The van der Waals surface area contributed by atoms with Crippen LogP contribution in [-0.4, -0.2) is 43.1 Å². The molecule has 0 N–H and O–H groups in total. The second kappa shape index (κ2) is 4.63. The number of likely N-dealkylation sites (tertiary alicyclic amines) is 1. The van der Waals surface area contributed by atoms with E-state index < -0.39 is 0 Å². The van der Waals surface area contributed by atoms with Gasteiger partial charge in [-0.15, -0.1) is 11.6 Å². The van der Waals surface area contributed by atoms with E-state index in [0.29, 0.717) is 12.5 Å². The third kappa shape index (κ3) is 2.36. The lowest BCUT2D eigenvalue weighted by Gasteiger charge is -2.26. The van der Waals surface area contributed by atoms with Crippen LogP contribution in [0.2, 0.25) is 0 Å². The first-order chi connectivity index (χ1) is 6.40. The Kier molecular flexibility index (Phi) is 3.47. The monoisotopic (exact) mass is 203 g/mol. The molecule has 0 aromatic rings. The zero-order valence-electron chi connectivity index (χ0n) is 8.04. The topological polar surface area (TPSA) is 12.5 Å². The van der Waals surface area contributed by atoms with Crippen molar-refractivity contribution < 1.29 is 4.74 Å². The molecule has 1 heterocycles. The minimum Gasteiger partial charge on any atom is -0.379 e. The predicted molar refractivity (Wildman–Crippen MR) is 54.2 cm³/mol. The van der Waals surface area contributed by atoms with Gasteiger partial charge in [-0.05, 0) is 25.2 Å². The van der Waals surface area contributed by atoms with Crippen molar-refractivity contribution >= 4 is 11.6 Å². The lowest BCUT2D eigenvalue weighted by molar-refractivity contribution is 0.101. The van der Waals surface area contributed by atoms with Gasteiger partial charge in [0.1, 0.15) is 0 Å². The van der Waals surface area contributed by atoms with Crippen molar-refractivity contribution in [1.29, 1.82) is 0 Å². The average Bonchev–Trinajstić information content (AvgIpc) is 2.73. The van der Waals surface area contributed by atoms with E-state index >= 15 is 0 Å². The van der Waals surface area contributed by atoms with Crippen molar-refractivity contribution in [3.63, 3.8) is 0 Å². The van der Waals surface area contributed by atoms with Crippen molar-refractivity contribution in [2.45, 2.75) is 25.3 Å². The van der Waals surface area contributed by atoms with Gasteiger partial charge in [-0.1, -0.05) is 0 Å². The summed E-state index contributed by atoms with van der Waals surface area (Å²) in [5.74, 6) is 1.62. The van der Waals surface area contributed by atoms with E-state index in [1.54, 1.807) is 0 Å². The molecule has 1 aliphatic heterocycles. The number of piperidine rings is 1. The molecule has 2 atom stereocenters. The number of ether oxygens (including phenoxy) is 1. The molecule has 13 heavy (non-hydrogen) atoms. The van der Waals surface area contributed by atoms with Crippen LogP contribution in [-0.2, 0) is 4.74 Å².